The highest BCUT2D eigenvalue weighted by molar-refractivity contribution is 6.42. The molecule has 1 aliphatic heterocycles. The molecule has 0 saturated carbocycles. The summed E-state index contributed by atoms with van der Waals surface area (Å²) in [6, 6.07) is 9.84. The average Bonchev–Trinajstić information content (AvgIpc) is 2.91. The summed E-state index contributed by atoms with van der Waals surface area (Å²) >= 11 is 0. The Balaban J connectivity index is 2.25. The van der Waals surface area contributed by atoms with E-state index in [1.54, 1.807) is 36.4 Å². The van der Waals surface area contributed by atoms with Crippen molar-refractivity contribution in [3.8, 4) is 12.1 Å². The largest absolute Gasteiger partial charge is 0.477 e. The summed E-state index contributed by atoms with van der Waals surface area (Å²) < 4.78 is 0. The number of hydrazone groups is 1. The molecular formula is C14H9N5O3. The van der Waals surface area contributed by atoms with Crippen LogP contribution in [0, 0.1) is 22.7 Å². The number of benzene rings is 1. The van der Waals surface area contributed by atoms with Crippen molar-refractivity contribution in [1.29, 1.82) is 10.5 Å². The number of carboxylic acid groups (broad SMARTS) is 1. The van der Waals surface area contributed by atoms with E-state index in [1.807, 2.05) is 0 Å². The molecule has 1 aliphatic rings. The minimum absolute atomic E-state index is 0.103. The predicted octanol–water partition coefficient (Wildman–Crippen LogP) is 1.21. The van der Waals surface area contributed by atoms with Gasteiger partial charge in [-0.25, -0.2) is 4.79 Å². The van der Waals surface area contributed by atoms with Crippen LogP contribution in [0.25, 0.3) is 0 Å². The van der Waals surface area contributed by atoms with Crippen molar-refractivity contribution >= 4 is 29.0 Å². The third-order valence-corrected chi connectivity index (χ3v) is 2.74. The fraction of sp³-hybridized carbons (Fsp3) is 0.0714. The molecule has 1 aromatic rings. The van der Waals surface area contributed by atoms with Crippen LogP contribution in [0.3, 0.4) is 0 Å². The lowest BCUT2D eigenvalue weighted by atomic mass is 10.2. The Morgan fingerprint density at radius 2 is 2.14 bits per heavy atom. The van der Waals surface area contributed by atoms with Crippen LogP contribution in [-0.4, -0.2) is 22.7 Å². The lowest BCUT2D eigenvalue weighted by Gasteiger charge is -2.12. The lowest BCUT2D eigenvalue weighted by Crippen LogP contribution is -2.19. The number of nitriles is 2. The lowest BCUT2D eigenvalue weighted by molar-refractivity contribution is -0.129. The van der Waals surface area contributed by atoms with Gasteiger partial charge in [-0.2, -0.15) is 20.6 Å². The van der Waals surface area contributed by atoms with Crippen molar-refractivity contribution in [3.05, 3.63) is 36.0 Å². The number of amides is 1. The van der Waals surface area contributed by atoms with Crippen molar-refractivity contribution in [3.63, 3.8) is 0 Å². The molecule has 0 radical (unpaired) electrons. The Bertz CT molecular complexity index is 766. The normalized spacial score (nSPS) is 12.9. The van der Waals surface area contributed by atoms with E-state index in [0.717, 1.165) is 5.01 Å². The van der Waals surface area contributed by atoms with Gasteiger partial charge in [0, 0.05) is 11.9 Å². The van der Waals surface area contributed by atoms with E-state index in [1.165, 1.54) is 6.20 Å². The molecule has 22 heavy (non-hydrogen) atoms. The van der Waals surface area contributed by atoms with Gasteiger partial charge in [0.1, 0.15) is 17.7 Å². The van der Waals surface area contributed by atoms with Gasteiger partial charge in [-0.05, 0) is 18.2 Å². The van der Waals surface area contributed by atoms with Gasteiger partial charge in [-0.15, -0.1) is 0 Å². The number of carboxylic acids is 1. The number of nitrogens with zero attached hydrogens (tertiary/aromatic N) is 4. The molecule has 0 aromatic heterocycles. The van der Waals surface area contributed by atoms with Crippen molar-refractivity contribution in [2.75, 3.05) is 10.3 Å². The zero-order chi connectivity index (χ0) is 16.1. The Kier molecular flexibility index (Phi) is 4.16. The van der Waals surface area contributed by atoms with Gasteiger partial charge in [-0.3, -0.25) is 4.79 Å². The van der Waals surface area contributed by atoms with Crippen LogP contribution in [0.1, 0.15) is 6.42 Å². The number of carbonyl (C=O) groups is 2. The zero-order valence-corrected chi connectivity index (χ0v) is 11.1. The summed E-state index contributed by atoms with van der Waals surface area (Å²) in [5, 5.41) is 33.7. The Hall–Kier alpha value is -3.65. The van der Waals surface area contributed by atoms with Gasteiger partial charge in [0.15, 0.2) is 5.71 Å². The molecule has 1 heterocycles. The summed E-state index contributed by atoms with van der Waals surface area (Å²) in [5.74, 6) is -1.68. The van der Waals surface area contributed by atoms with Gasteiger partial charge >= 0.3 is 5.97 Å². The molecule has 2 N–H and O–H groups in total. The van der Waals surface area contributed by atoms with Crippen LogP contribution in [0.5, 0.6) is 0 Å². The summed E-state index contributed by atoms with van der Waals surface area (Å²) in [7, 11) is 0. The van der Waals surface area contributed by atoms with E-state index >= 15 is 0 Å². The number of anilines is 2. The first-order valence-electron chi connectivity index (χ1n) is 6.06. The molecule has 2 rings (SSSR count). The summed E-state index contributed by atoms with van der Waals surface area (Å²) in [4.78, 5) is 22.6. The molecule has 0 aliphatic carbocycles. The predicted molar refractivity (Wildman–Crippen MR) is 76.5 cm³/mol. The topological polar surface area (TPSA) is 130 Å². The summed E-state index contributed by atoms with van der Waals surface area (Å²) in [6.07, 6.45) is 0.969. The zero-order valence-electron chi connectivity index (χ0n) is 11.1. The first-order chi connectivity index (χ1) is 10.5. The fourth-order valence-corrected chi connectivity index (χ4v) is 1.72. The highest BCUT2D eigenvalue weighted by Crippen LogP contribution is 2.24. The van der Waals surface area contributed by atoms with Gasteiger partial charge in [-0.1, -0.05) is 6.07 Å². The molecule has 0 bridgehead atoms. The smallest absolute Gasteiger partial charge is 0.352 e. The van der Waals surface area contributed by atoms with Gasteiger partial charge in [0.05, 0.1) is 12.1 Å². The maximum atomic E-state index is 11.8. The molecule has 0 atom stereocenters. The molecule has 0 saturated heterocycles. The van der Waals surface area contributed by atoms with Crippen molar-refractivity contribution in [2.24, 2.45) is 5.10 Å². The SMILES string of the molecule is N#CC(C#N)=CNc1cccc(N2N=C(C(=O)O)CC2=O)c1. The van der Waals surface area contributed by atoms with Crippen molar-refractivity contribution in [2.45, 2.75) is 6.42 Å². The van der Waals surface area contributed by atoms with Gasteiger partial charge < -0.3 is 10.4 Å². The van der Waals surface area contributed by atoms with E-state index in [0.29, 0.717) is 11.4 Å². The first-order valence-corrected chi connectivity index (χ1v) is 6.06. The molecule has 1 aromatic carbocycles. The van der Waals surface area contributed by atoms with E-state index < -0.39 is 11.9 Å². The third kappa shape index (κ3) is 3.08. The van der Waals surface area contributed by atoms with Crippen LogP contribution >= 0.6 is 0 Å². The Morgan fingerprint density at radius 3 is 2.73 bits per heavy atom. The molecular weight excluding hydrogens is 286 g/mol. The fourth-order valence-electron chi connectivity index (χ4n) is 1.72. The van der Waals surface area contributed by atoms with Crippen LogP contribution in [-0.2, 0) is 9.59 Å². The summed E-state index contributed by atoms with van der Waals surface area (Å²) in [5.41, 5.74) is 0.579. The van der Waals surface area contributed by atoms with Crippen LogP contribution in [0.2, 0.25) is 0 Å². The van der Waals surface area contributed by atoms with E-state index in [2.05, 4.69) is 10.4 Å². The molecule has 8 nitrogen and oxygen atoms in total. The third-order valence-electron chi connectivity index (χ3n) is 2.74. The maximum absolute atomic E-state index is 11.8. The first kappa shape index (κ1) is 14.8. The number of hydrogen-bond donors (Lipinski definition) is 2. The Morgan fingerprint density at radius 1 is 1.41 bits per heavy atom. The maximum Gasteiger partial charge on any atom is 0.352 e. The highest BCUT2D eigenvalue weighted by atomic mass is 16.4. The Labute approximate surface area is 125 Å². The molecule has 0 spiro atoms. The molecule has 108 valence electrons. The second-order valence-corrected chi connectivity index (χ2v) is 4.21. The molecule has 0 unspecified atom stereocenters. The van der Waals surface area contributed by atoms with E-state index in [4.69, 9.17) is 15.6 Å². The van der Waals surface area contributed by atoms with Gasteiger partial charge in [0.2, 0.25) is 0 Å². The second-order valence-electron chi connectivity index (χ2n) is 4.21. The molecule has 1 amide bonds. The number of carbonyl (C=O) groups excluding carboxylic acids is 1. The monoisotopic (exact) mass is 295 g/mol. The quantitative estimate of drug-likeness (QED) is 0.803. The number of rotatable bonds is 4. The van der Waals surface area contributed by atoms with Crippen LogP contribution < -0.4 is 10.3 Å². The summed E-state index contributed by atoms with van der Waals surface area (Å²) in [6.45, 7) is 0. The molecule has 0 fully saturated rings. The number of aliphatic carboxylic acids is 1. The van der Waals surface area contributed by atoms with Crippen LogP contribution in [0.15, 0.2) is 41.1 Å². The second kappa shape index (κ2) is 6.20. The minimum atomic E-state index is -1.24. The van der Waals surface area contributed by atoms with Gasteiger partial charge in [0.25, 0.3) is 5.91 Å². The van der Waals surface area contributed by atoms with E-state index in [9.17, 15) is 9.59 Å². The molecule has 8 heteroatoms. The van der Waals surface area contributed by atoms with E-state index in [-0.39, 0.29) is 17.7 Å². The number of allylic oxidation sites excluding steroid dienone is 1. The number of hydrogen-bond acceptors (Lipinski definition) is 6. The standard InChI is InChI=1S/C14H9N5O3/c15-6-9(7-16)8-17-10-2-1-3-11(4-10)19-13(20)5-12(18-19)14(21)22/h1-4,8,17H,5H2,(H,21,22). The van der Waals surface area contributed by atoms with Crippen molar-refractivity contribution < 1.29 is 14.7 Å². The minimum Gasteiger partial charge on any atom is -0.477 e. The van der Waals surface area contributed by atoms with Crippen molar-refractivity contribution in [1.82, 2.24) is 0 Å². The number of nitrogens with one attached hydrogen (secondary N) is 1. The highest BCUT2D eigenvalue weighted by Gasteiger charge is 2.29. The average molecular weight is 295 g/mol. The van der Waals surface area contributed by atoms with Crippen LogP contribution in [0.4, 0.5) is 11.4 Å².